The quantitative estimate of drug-likeness (QED) is 0.724. The van der Waals surface area contributed by atoms with Crippen LogP contribution in [0.4, 0.5) is 5.69 Å². The second-order valence-corrected chi connectivity index (χ2v) is 9.77. The van der Waals surface area contributed by atoms with Crippen molar-refractivity contribution in [3.05, 3.63) is 29.3 Å². The molecule has 0 spiro atoms. The molecule has 1 aromatic carbocycles. The minimum atomic E-state index is -0.949. The van der Waals surface area contributed by atoms with E-state index >= 15 is 0 Å². The van der Waals surface area contributed by atoms with Crippen molar-refractivity contribution in [1.82, 2.24) is 10.2 Å². The summed E-state index contributed by atoms with van der Waals surface area (Å²) in [6.07, 6.45) is 1.27. The smallest absolute Gasteiger partial charge is 0.262 e. The first-order chi connectivity index (χ1) is 14.0. The molecule has 3 aliphatic heterocycles. The predicted octanol–water partition coefficient (Wildman–Crippen LogP) is 1.29. The van der Waals surface area contributed by atoms with Gasteiger partial charge in [-0.25, -0.2) is 0 Å². The van der Waals surface area contributed by atoms with Crippen molar-refractivity contribution in [2.75, 3.05) is 18.0 Å². The number of amides is 4. The van der Waals surface area contributed by atoms with E-state index < -0.39 is 23.8 Å². The molecule has 4 rings (SSSR count). The van der Waals surface area contributed by atoms with Gasteiger partial charge < -0.3 is 10.6 Å². The number of fused-ring (bicyclic) bond motifs is 1. The molecular formula is C22H28N4O4. The normalized spacial score (nSPS) is 27.0. The second-order valence-electron chi connectivity index (χ2n) is 9.77. The summed E-state index contributed by atoms with van der Waals surface area (Å²) in [6, 6.07) is 4.32. The van der Waals surface area contributed by atoms with Gasteiger partial charge in [0.1, 0.15) is 6.04 Å². The van der Waals surface area contributed by atoms with Crippen molar-refractivity contribution in [2.45, 2.75) is 52.1 Å². The van der Waals surface area contributed by atoms with Gasteiger partial charge in [-0.2, -0.15) is 0 Å². The number of anilines is 1. The molecule has 0 aliphatic carbocycles. The van der Waals surface area contributed by atoms with Crippen LogP contribution in [-0.4, -0.2) is 53.7 Å². The number of nitrogens with zero attached hydrogens (tertiary/aromatic N) is 2. The summed E-state index contributed by atoms with van der Waals surface area (Å²) >= 11 is 0. The Morgan fingerprint density at radius 1 is 1.07 bits per heavy atom. The van der Waals surface area contributed by atoms with Gasteiger partial charge in [-0.05, 0) is 42.4 Å². The molecule has 30 heavy (non-hydrogen) atoms. The molecule has 3 heterocycles. The maximum absolute atomic E-state index is 13.0. The fourth-order valence-corrected chi connectivity index (χ4v) is 4.77. The average Bonchev–Trinajstić information content (AvgIpc) is 3.12. The fourth-order valence-electron chi connectivity index (χ4n) is 4.77. The molecule has 8 nitrogen and oxygen atoms in total. The SMILES string of the molecule is CC(C)(C)C[C@@H]1CN(c2ccc3c(c2)C(=O)N(C2CCC(=O)NC2=O)C3=O)C[C@H]1N. The van der Waals surface area contributed by atoms with Crippen LogP contribution in [0.1, 0.15) is 60.7 Å². The van der Waals surface area contributed by atoms with Gasteiger partial charge in [-0.1, -0.05) is 20.8 Å². The van der Waals surface area contributed by atoms with E-state index in [9.17, 15) is 19.2 Å². The van der Waals surface area contributed by atoms with Crippen molar-refractivity contribution in [1.29, 1.82) is 0 Å². The van der Waals surface area contributed by atoms with Crippen molar-refractivity contribution >= 4 is 29.3 Å². The van der Waals surface area contributed by atoms with E-state index in [-0.39, 0.29) is 30.2 Å². The molecule has 4 amide bonds. The zero-order valence-electron chi connectivity index (χ0n) is 17.6. The summed E-state index contributed by atoms with van der Waals surface area (Å²) in [6.45, 7) is 8.09. The number of carbonyl (C=O) groups is 4. The Morgan fingerprint density at radius 2 is 1.77 bits per heavy atom. The van der Waals surface area contributed by atoms with Gasteiger partial charge in [-0.15, -0.1) is 0 Å². The molecule has 0 bridgehead atoms. The molecule has 3 N–H and O–H groups in total. The number of hydrogen-bond donors (Lipinski definition) is 2. The van der Waals surface area contributed by atoms with Crippen LogP contribution in [0.2, 0.25) is 0 Å². The molecule has 0 saturated carbocycles. The van der Waals surface area contributed by atoms with E-state index in [1.54, 1.807) is 12.1 Å². The highest BCUT2D eigenvalue weighted by Gasteiger charge is 2.45. The Hall–Kier alpha value is -2.74. The molecule has 0 radical (unpaired) electrons. The van der Waals surface area contributed by atoms with Crippen LogP contribution in [0.15, 0.2) is 18.2 Å². The van der Waals surface area contributed by atoms with Gasteiger partial charge in [0.15, 0.2) is 0 Å². The Labute approximate surface area is 175 Å². The molecule has 3 aliphatic rings. The Bertz CT molecular complexity index is 936. The van der Waals surface area contributed by atoms with Crippen molar-refractivity contribution in [3.8, 4) is 0 Å². The Kier molecular flexibility index (Phi) is 4.92. The minimum absolute atomic E-state index is 0.0507. The zero-order valence-corrected chi connectivity index (χ0v) is 17.6. The Balaban J connectivity index is 1.55. The lowest BCUT2D eigenvalue weighted by Crippen LogP contribution is -2.54. The molecule has 0 aromatic heterocycles. The third kappa shape index (κ3) is 3.60. The van der Waals surface area contributed by atoms with Crippen molar-refractivity contribution < 1.29 is 19.2 Å². The summed E-state index contributed by atoms with van der Waals surface area (Å²) in [7, 11) is 0. The topological polar surface area (TPSA) is 113 Å². The summed E-state index contributed by atoms with van der Waals surface area (Å²) in [5.74, 6) is -1.60. The molecule has 3 atom stereocenters. The highest BCUT2D eigenvalue weighted by Crippen LogP contribution is 2.35. The first-order valence-electron chi connectivity index (χ1n) is 10.4. The van der Waals surface area contributed by atoms with E-state index in [4.69, 9.17) is 5.73 Å². The number of nitrogens with two attached hydrogens (primary N) is 1. The highest BCUT2D eigenvalue weighted by atomic mass is 16.2. The van der Waals surface area contributed by atoms with Gasteiger partial charge in [0.05, 0.1) is 11.1 Å². The minimum Gasteiger partial charge on any atom is -0.370 e. The molecular weight excluding hydrogens is 384 g/mol. The molecule has 1 unspecified atom stereocenters. The van der Waals surface area contributed by atoms with Crippen molar-refractivity contribution in [2.24, 2.45) is 17.1 Å². The van der Waals surface area contributed by atoms with Crippen LogP contribution in [0.5, 0.6) is 0 Å². The van der Waals surface area contributed by atoms with Gasteiger partial charge in [-0.3, -0.25) is 29.4 Å². The standard InChI is InChI=1S/C22H28N4O4/c1-22(2,3)9-12-10-25(11-16(12)23)13-4-5-14-15(8-13)21(30)26(20(14)29)17-6-7-18(27)24-19(17)28/h4-5,8,12,16-17H,6-7,9-11,23H2,1-3H3,(H,24,27,28)/t12-,16-,17?/m1/s1. The third-order valence-corrected chi connectivity index (χ3v) is 6.15. The molecule has 1 aromatic rings. The van der Waals surface area contributed by atoms with E-state index in [0.29, 0.717) is 23.6 Å². The van der Waals surface area contributed by atoms with E-state index in [0.717, 1.165) is 23.6 Å². The monoisotopic (exact) mass is 412 g/mol. The van der Waals surface area contributed by atoms with E-state index in [1.165, 1.54) is 0 Å². The summed E-state index contributed by atoms with van der Waals surface area (Å²) in [5, 5.41) is 2.21. The lowest BCUT2D eigenvalue weighted by molar-refractivity contribution is -0.136. The number of nitrogens with one attached hydrogen (secondary N) is 1. The average molecular weight is 412 g/mol. The van der Waals surface area contributed by atoms with E-state index in [2.05, 4.69) is 31.0 Å². The van der Waals surface area contributed by atoms with Crippen LogP contribution in [0.25, 0.3) is 0 Å². The van der Waals surface area contributed by atoms with Crippen LogP contribution in [0, 0.1) is 11.3 Å². The lowest BCUT2D eigenvalue weighted by Gasteiger charge is -2.27. The number of benzene rings is 1. The van der Waals surface area contributed by atoms with Crippen molar-refractivity contribution in [3.63, 3.8) is 0 Å². The summed E-state index contributed by atoms with van der Waals surface area (Å²) in [4.78, 5) is 52.6. The Morgan fingerprint density at radius 3 is 2.43 bits per heavy atom. The molecule has 2 saturated heterocycles. The molecule has 2 fully saturated rings. The van der Waals surface area contributed by atoms with Gasteiger partial charge in [0, 0.05) is 31.2 Å². The summed E-state index contributed by atoms with van der Waals surface area (Å²) < 4.78 is 0. The number of piperidine rings is 1. The maximum Gasteiger partial charge on any atom is 0.262 e. The number of carbonyl (C=O) groups excluding carboxylic acids is 4. The van der Waals surface area contributed by atoms with E-state index in [1.807, 2.05) is 6.07 Å². The number of hydrogen-bond acceptors (Lipinski definition) is 6. The second kappa shape index (κ2) is 7.19. The number of imide groups is 2. The third-order valence-electron chi connectivity index (χ3n) is 6.15. The van der Waals surface area contributed by atoms with Gasteiger partial charge >= 0.3 is 0 Å². The highest BCUT2D eigenvalue weighted by molar-refractivity contribution is 6.23. The largest absolute Gasteiger partial charge is 0.370 e. The van der Waals surface area contributed by atoms with Crippen LogP contribution < -0.4 is 16.0 Å². The van der Waals surface area contributed by atoms with Crippen LogP contribution in [0.3, 0.4) is 0 Å². The first kappa shape index (κ1) is 20.5. The van der Waals surface area contributed by atoms with Gasteiger partial charge in [0.25, 0.3) is 11.8 Å². The van der Waals surface area contributed by atoms with Crippen LogP contribution >= 0.6 is 0 Å². The zero-order chi connectivity index (χ0) is 21.8. The summed E-state index contributed by atoms with van der Waals surface area (Å²) in [5.41, 5.74) is 8.01. The fraction of sp³-hybridized carbons (Fsp3) is 0.545. The number of rotatable bonds is 3. The lowest BCUT2D eigenvalue weighted by atomic mass is 9.83. The van der Waals surface area contributed by atoms with Gasteiger partial charge in [0.2, 0.25) is 11.8 Å². The molecule has 8 heteroatoms. The molecule has 160 valence electrons. The predicted molar refractivity (Wildman–Crippen MR) is 111 cm³/mol. The maximum atomic E-state index is 13.0. The van der Waals surface area contributed by atoms with Crippen LogP contribution in [-0.2, 0) is 9.59 Å². The first-order valence-corrected chi connectivity index (χ1v) is 10.4.